The zero-order valence-corrected chi connectivity index (χ0v) is 9.47. The molecule has 1 aromatic carbocycles. The van der Waals surface area contributed by atoms with Crippen molar-refractivity contribution in [3.63, 3.8) is 0 Å². The molecule has 0 unspecified atom stereocenters. The third kappa shape index (κ3) is 2.56. The molecule has 1 aliphatic rings. The molecule has 0 aromatic heterocycles. The first-order valence-corrected chi connectivity index (χ1v) is 5.70. The van der Waals surface area contributed by atoms with Crippen molar-refractivity contribution >= 4 is 5.91 Å². The lowest BCUT2D eigenvalue weighted by Crippen LogP contribution is -2.33. The van der Waals surface area contributed by atoms with Gasteiger partial charge in [-0.25, -0.2) is 0 Å². The van der Waals surface area contributed by atoms with Gasteiger partial charge in [0, 0.05) is 12.6 Å². The highest BCUT2D eigenvalue weighted by molar-refractivity contribution is 5.97. The van der Waals surface area contributed by atoms with E-state index in [4.69, 9.17) is 5.26 Å². The molecular weight excluding hydrogens is 216 g/mol. The molecule has 4 nitrogen and oxygen atoms in total. The van der Waals surface area contributed by atoms with Crippen molar-refractivity contribution in [2.75, 3.05) is 6.54 Å². The number of hydrogen-bond donors (Lipinski definition) is 1. The quantitative estimate of drug-likeness (QED) is 0.859. The van der Waals surface area contributed by atoms with Gasteiger partial charge in [0.2, 0.25) is 0 Å². The van der Waals surface area contributed by atoms with Crippen molar-refractivity contribution in [2.24, 2.45) is 0 Å². The lowest BCUT2D eigenvalue weighted by Gasteiger charge is -2.21. The zero-order chi connectivity index (χ0) is 12.3. The van der Waals surface area contributed by atoms with Crippen LogP contribution in [0.2, 0.25) is 0 Å². The molecule has 0 atom stereocenters. The molecule has 0 aliphatic heterocycles. The first-order chi connectivity index (χ1) is 8.24. The van der Waals surface area contributed by atoms with Gasteiger partial charge in [0.15, 0.2) is 0 Å². The summed E-state index contributed by atoms with van der Waals surface area (Å²) in [7, 11) is 0. The van der Waals surface area contributed by atoms with Gasteiger partial charge in [-0.1, -0.05) is 12.1 Å². The van der Waals surface area contributed by atoms with Crippen molar-refractivity contribution in [2.45, 2.75) is 25.3 Å². The van der Waals surface area contributed by atoms with Crippen LogP contribution in [0.25, 0.3) is 0 Å². The number of rotatable bonds is 4. The Kier molecular flexibility index (Phi) is 3.29. The fourth-order valence-electron chi connectivity index (χ4n) is 1.82. The second-order valence-electron chi connectivity index (χ2n) is 4.15. The third-order valence-electron chi connectivity index (χ3n) is 2.85. The number of amides is 1. The fourth-order valence-corrected chi connectivity index (χ4v) is 1.82. The van der Waals surface area contributed by atoms with Gasteiger partial charge in [-0.2, -0.15) is 5.26 Å². The van der Waals surface area contributed by atoms with Crippen LogP contribution in [0.4, 0.5) is 0 Å². The Morgan fingerprint density at radius 2 is 2.18 bits per heavy atom. The Balaban J connectivity index is 2.16. The van der Waals surface area contributed by atoms with Crippen LogP contribution in [-0.2, 0) is 0 Å². The average Bonchev–Trinajstić information content (AvgIpc) is 3.14. The predicted octanol–water partition coefficient (Wildman–Crippen LogP) is 1.91. The number of carbonyl (C=O) groups is 1. The molecule has 2 rings (SSSR count). The highest BCUT2D eigenvalue weighted by Gasteiger charge is 2.33. The number of phenolic OH excluding ortho intramolecular Hbond substituents is 1. The molecular formula is C13H14N2O2. The van der Waals surface area contributed by atoms with E-state index in [1.54, 1.807) is 23.1 Å². The van der Waals surface area contributed by atoms with Crippen molar-refractivity contribution in [3.8, 4) is 11.8 Å². The zero-order valence-electron chi connectivity index (χ0n) is 9.47. The van der Waals surface area contributed by atoms with Crippen LogP contribution >= 0.6 is 0 Å². The summed E-state index contributed by atoms with van der Waals surface area (Å²) in [5.41, 5.74) is 0.317. The Morgan fingerprint density at radius 1 is 1.47 bits per heavy atom. The largest absolute Gasteiger partial charge is 0.507 e. The number of aromatic hydroxyl groups is 1. The standard InChI is InChI=1S/C13H14N2O2/c14-8-3-9-15(10-6-7-10)13(17)11-4-1-2-5-12(11)16/h1-2,4-5,10,16H,3,6-7,9H2. The van der Waals surface area contributed by atoms with Gasteiger partial charge >= 0.3 is 0 Å². The number of hydrogen-bond acceptors (Lipinski definition) is 3. The van der Waals surface area contributed by atoms with Crippen LogP contribution in [0, 0.1) is 11.3 Å². The molecule has 0 saturated heterocycles. The minimum absolute atomic E-state index is 0.0000997. The van der Waals surface area contributed by atoms with E-state index in [0.717, 1.165) is 12.8 Å². The molecule has 0 radical (unpaired) electrons. The lowest BCUT2D eigenvalue weighted by molar-refractivity contribution is 0.0744. The van der Waals surface area contributed by atoms with Gasteiger partial charge < -0.3 is 10.0 Å². The van der Waals surface area contributed by atoms with E-state index in [0.29, 0.717) is 18.5 Å². The second kappa shape index (κ2) is 4.88. The topological polar surface area (TPSA) is 64.3 Å². The number of carbonyl (C=O) groups excluding carboxylic acids is 1. The number of benzene rings is 1. The highest BCUT2D eigenvalue weighted by Crippen LogP contribution is 2.30. The smallest absolute Gasteiger partial charge is 0.257 e. The van der Waals surface area contributed by atoms with Gasteiger partial charge in [0.05, 0.1) is 18.1 Å². The monoisotopic (exact) mass is 230 g/mol. The average molecular weight is 230 g/mol. The first-order valence-electron chi connectivity index (χ1n) is 5.70. The normalized spacial score (nSPS) is 14.1. The summed E-state index contributed by atoms with van der Waals surface area (Å²) in [5, 5.41) is 18.2. The SMILES string of the molecule is N#CCCN(C(=O)c1ccccc1O)C1CC1. The molecule has 1 fully saturated rings. The summed E-state index contributed by atoms with van der Waals surface area (Å²) in [6.45, 7) is 0.439. The lowest BCUT2D eigenvalue weighted by atomic mass is 10.1. The summed E-state index contributed by atoms with van der Waals surface area (Å²) < 4.78 is 0. The van der Waals surface area contributed by atoms with Gasteiger partial charge in [0.25, 0.3) is 5.91 Å². The van der Waals surface area contributed by atoms with Crippen LogP contribution < -0.4 is 0 Å². The molecule has 1 aromatic rings. The van der Waals surface area contributed by atoms with E-state index in [1.807, 2.05) is 6.07 Å². The van der Waals surface area contributed by atoms with E-state index >= 15 is 0 Å². The van der Waals surface area contributed by atoms with Crippen molar-refractivity contribution < 1.29 is 9.90 Å². The fraction of sp³-hybridized carbons (Fsp3) is 0.385. The van der Waals surface area contributed by atoms with Gasteiger partial charge in [-0.15, -0.1) is 0 Å². The van der Waals surface area contributed by atoms with E-state index < -0.39 is 0 Å². The maximum absolute atomic E-state index is 12.2. The molecule has 0 bridgehead atoms. The maximum atomic E-state index is 12.2. The molecule has 1 N–H and O–H groups in total. The minimum atomic E-state index is -0.180. The Hall–Kier alpha value is -2.02. The highest BCUT2D eigenvalue weighted by atomic mass is 16.3. The molecule has 17 heavy (non-hydrogen) atoms. The summed E-state index contributed by atoms with van der Waals surface area (Å²) in [6.07, 6.45) is 2.31. The van der Waals surface area contributed by atoms with Crippen LogP contribution in [0.15, 0.2) is 24.3 Å². The predicted molar refractivity (Wildman–Crippen MR) is 62.4 cm³/mol. The third-order valence-corrected chi connectivity index (χ3v) is 2.85. The van der Waals surface area contributed by atoms with E-state index in [2.05, 4.69) is 0 Å². The summed E-state index contributed by atoms with van der Waals surface area (Å²) in [6, 6.07) is 8.81. The van der Waals surface area contributed by atoms with E-state index in [9.17, 15) is 9.90 Å². The van der Waals surface area contributed by atoms with Crippen molar-refractivity contribution in [1.29, 1.82) is 5.26 Å². The molecule has 0 heterocycles. The summed E-state index contributed by atoms with van der Waals surface area (Å²) >= 11 is 0. The van der Waals surface area contributed by atoms with Crippen LogP contribution in [-0.4, -0.2) is 28.5 Å². The summed E-state index contributed by atoms with van der Waals surface area (Å²) in [5.74, 6) is -0.180. The molecule has 1 saturated carbocycles. The molecule has 0 spiro atoms. The maximum Gasteiger partial charge on any atom is 0.257 e. The van der Waals surface area contributed by atoms with E-state index in [1.165, 1.54) is 6.07 Å². The molecule has 4 heteroatoms. The van der Waals surface area contributed by atoms with Crippen molar-refractivity contribution in [3.05, 3.63) is 29.8 Å². The van der Waals surface area contributed by atoms with Gasteiger partial charge in [-0.3, -0.25) is 4.79 Å². The number of nitriles is 1. The second-order valence-corrected chi connectivity index (χ2v) is 4.15. The van der Waals surface area contributed by atoms with Crippen LogP contribution in [0.1, 0.15) is 29.6 Å². The van der Waals surface area contributed by atoms with Crippen LogP contribution in [0.5, 0.6) is 5.75 Å². The number of phenols is 1. The molecule has 88 valence electrons. The summed E-state index contributed by atoms with van der Waals surface area (Å²) in [4.78, 5) is 13.9. The number of para-hydroxylation sites is 1. The van der Waals surface area contributed by atoms with Gasteiger partial charge in [-0.05, 0) is 25.0 Å². The molecule has 1 aliphatic carbocycles. The van der Waals surface area contributed by atoms with E-state index in [-0.39, 0.29) is 17.7 Å². The minimum Gasteiger partial charge on any atom is -0.507 e. The Labute approximate surface area is 100 Å². The van der Waals surface area contributed by atoms with Gasteiger partial charge in [0.1, 0.15) is 5.75 Å². The number of nitrogens with zero attached hydrogens (tertiary/aromatic N) is 2. The Morgan fingerprint density at radius 3 is 2.76 bits per heavy atom. The van der Waals surface area contributed by atoms with Crippen LogP contribution in [0.3, 0.4) is 0 Å². The first kappa shape index (κ1) is 11.5. The molecule has 1 amide bonds. The van der Waals surface area contributed by atoms with Crippen molar-refractivity contribution in [1.82, 2.24) is 4.90 Å². The Bertz CT molecular complexity index is 461.